The van der Waals surface area contributed by atoms with E-state index in [2.05, 4.69) is 20.9 Å². The Hall–Kier alpha value is -3.02. The zero-order valence-corrected chi connectivity index (χ0v) is 15.8. The number of benzene rings is 2. The summed E-state index contributed by atoms with van der Waals surface area (Å²) in [5.41, 5.74) is 2.80. The highest BCUT2D eigenvalue weighted by atomic mass is 16.2. The van der Waals surface area contributed by atoms with E-state index in [1.165, 1.54) is 0 Å². The summed E-state index contributed by atoms with van der Waals surface area (Å²) in [4.78, 5) is 27.2. The summed E-state index contributed by atoms with van der Waals surface area (Å²) in [5.74, 6) is -0.126. The number of anilines is 3. The second-order valence-corrected chi connectivity index (χ2v) is 7.00. The van der Waals surface area contributed by atoms with Crippen molar-refractivity contribution in [1.29, 1.82) is 0 Å². The van der Waals surface area contributed by atoms with E-state index in [1.807, 2.05) is 56.3 Å². The molecule has 1 heterocycles. The van der Waals surface area contributed by atoms with Crippen LogP contribution in [0.3, 0.4) is 0 Å². The van der Waals surface area contributed by atoms with E-state index < -0.39 is 0 Å². The zero-order valence-electron chi connectivity index (χ0n) is 15.8. The fourth-order valence-corrected chi connectivity index (χ4v) is 3.18. The van der Waals surface area contributed by atoms with Crippen molar-refractivity contribution in [3.05, 3.63) is 54.1 Å². The Bertz CT molecular complexity index is 799. The van der Waals surface area contributed by atoms with Gasteiger partial charge in [-0.25, -0.2) is 4.79 Å². The summed E-state index contributed by atoms with van der Waals surface area (Å²) in [6.45, 7) is 5.76. The Morgan fingerprint density at radius 3 is 2.26 bits per heavy atom. The largest absolute Gasteiger partial charge is 0.371 e. The minimum atomic E-state index is -0.342. The van der Waals surface area contributed by atoms with Gasteiger partial charge in [-0.3, -0.25) is 4.79 Å². The molecular weight excluding hydrogens is 340 g/mol. The fraction of sp³-hybridized carbons (Fsp3) is 0.333. The first-order chi connectivity index (χ1) is 13.0. The van der Waals surface area contributed by atoms with Gasteiger partial charge in [-0.05, 0) is 57.0 Å². The number of amides is 3. The van der Waals surface area contributed by atoms with Gasteiger partial charge in [0.05, 0.1) is 5.56 Å². The molecule has 0 atom stereocenters. The first-order valence-electron chi connectivity index (χ1n) is 9.36. The molecule has 0 aliphatic carbocycles. The van der Waals surface area contributed by atoms with Crippen LogP contribution in [0.2, 0.25) is 0 Å². The van der Waals surface area contributed by atoms with Gasteiger partial charge in [0.15, 0.2) is 0 Å². The number of nitrogens with one attached hydrogen (secondary N) is 3. The topological polar surface area (TPSA) is 73.5 Å². The van der Waals surface area contributed by atoms with Crippen molar-refractivity contribution in [3.8, 4) is 0 Å². The van der Waals surface area contributed by atoms with Crippen molar-refractivity contribution >= 4 is 29.0 Å². The van der Waals surface area contributed by atoms with Crippen LogP contribution in [0.1, 0.15) is 37.0 Å². The smallest absolute Gasteiger partial charge is 0.323 e. The Kier molecular flexibility index (Phi) is 5.96. The Morgan fingerprint density at radius 1 is 0.926 bits per heavy atom. The molecule has 0 spiro atoms. The molecule has 0 unspecified atom stereocenters. The monoisotopic (exact) mass is 366 g/mol. The van der Waals surface area contributed by atoms with Crippen LogP contribution in [-0.4, -0.2) is 31.1 Å². The van der Waals surface area contributed by atoms with E-state index in [0.29, 0.717) is 16.9 Å². The predicted octanol–water partition coefficient (Wildman–Crippen LogP) is 4.07. The lowest BCUT2D eigenvalue weighted by Crippen LogP contribution is -2.32. The van der Waals surface area contributed by atoms with E-state index in [-0.39, 0.29) is 18.0 Å². The van der Waals surface area contributed by atoms with Crippen LogP contribution in [0.5, 0.6) is 0 Å². The van der Waals surface area contributed by atoms with Crippen LogP contribution in [0.25, 0.3) is 0 Å². The van der Waals surface area contributed by atoms with Gasteiger partial charge in [0, 0.05) is 36.2 Å². The van der Waals surface area contributed by atoms with Gasteiger partial charge in [0.2, 0.25) is 0 Å². The summed E-state index contributed by atoms with van der Waals surface area (Å²) in [7, 11) is 0. The van der Waals surface area contributed by atoms with Gasteiger partial charge in [-0.2, -0.15) is 0 Å². The number of urea groups is 1. The standard InChI is InChI=1S/C21H26N4O2/c1-15(2)22-20(26)18-14-17(10-11-19(18)25-12-6-7-13-25)24-21(27)23-16-8-4-3-5-9-16/h3-5,8-11,14-15H,6-7,12-13H2,1-2H3,(H,22,26)(H2,23,24,27). The summed E-state index contributed by atoms with van der Waals surface area (Å²) in [6, 6.07) is 14.4. The van der Waals surface area contributed by atoms with E-state index in [1.54, 1.807) is 6.07 Å². The number of para-hydroxylation sites is 1. The lowest BCUT2D eigenvalue weighted by Gasteiger charge is -2.22. The maximum absolute atomic E-state index is 12.7. The maximum atomic E-state index is 12.7. The fourth-order valence-electron chi connectivity index (χ4n) is 3.18. The van der Waals surface area contributed by atoms with Crippen LogP contribution >= 0.6 is 0 Å². The van der Waals surface area contributed by atoms with Gasteiger partial charge in [-0.1, -0.05) is 18.2 Å². The highest BCUT2D eigenvalue weighted by Crippen LogP contribution is 2.27. The molecular formula is C21H26N4O2. The molecule has 1 saturated heterocycles. The Balaban J connectivity index is 1.79. The lowest BCUT2D eigenvalue weighted by molar-refractivity contribution is 0.0943. The highest BCUT2D eigenvalue weighted by Gasteiger charge is 2.20. The first-order valence-corrected chi connectivity index (χ1v) is 9.36. The molecule has 0 radical (unpaired) electrons. The molecule has 3 amide bonds. The van der Waals surface area contributed by atoms with Gasteiger partial charge in [0.1, 0.15) is 0 Å². The van der Waals surface area contributed by atoms with E-state index in [9.17, 15) is 9.59 Å². The minimum absolute atomic E-state index is 0.0434. The predicted molar refractivity (Wildman–Crippen MR) is 110 cm³/mol. The van der Waals surface area contributed by atoms with Crippen molar-refractivity contribution in [3.63, 3.8) is 0 Å². The number of hydrogen-bond acceptors (Lipinski definition) is 3. The molecule has 6 heteroatoms. The van der Waals surface area contributed by atoms with Crippen LogP contribution < -0.4 is 20.9 Å². The Labute approximate surface area is 159 Å². The maximum Gasteiger partial charge on any atom is 0.323 e. The van der Waals surface area contributed by atoms with Gasteiger partial charge in [0.25, 0.3) is 5.91 Å². The summed E-state index contributed by atoms with van der Waals surface area (Å²) >= 11 is 0. The average molecular weight is 366 g/mol. The van der Waals surface area contributed by atoms with E-state index in [4.69, 9.17) is 0 Å². The average Bonchev–Trinajstić information content (AvgIpc) is 3.16. The Morgan fingerprint density at radius 2 is 1.59 bits per heavy atom. The third-order valence-corrected chi connectivity index (χ3v) is 4.40. The van der Waals surface area contributed by atoms with Crippen LogP contribution in [0.4, 0.5) is 21.9 Å². The molecule has 142 valence electrons. The van der Waals surface area contributed by atoms with Crippen LogP contribution in [0.15, 0.2) is 48.5 Å². The second kappa shape index (κ2) is 8.58. The quantitative estimate of drug-likeness (QED) is 0.747. The number of nitrogens with zero attached hydrogens (tertiary/aromatic N) is 1. The number of carbonyl (C=O) groups is 2. The second-order valence-electron chi connectivity index (χ2n) is 7.00. The van der Waals surface area contributed by atoms with E-state index in [0.717, 1.165) is 31.6 Å². The molecule has 1 fully saturated rings. The molecule has 3 rings (SSSR count). The first kappa shape index (κ1) is 18.8. The molecule has 6 nitrogen and oxygen atoms in total. The highest BCUT2D eigenvalue weighted by molar-refractivity contribution is 6.04. The molecule has 0 saturated carbocycles. The van der Waals surface area contributed by atoms with Crippen LogP contribution in [0, 0.1) is 0 Å². The van der Waals surface area contributed by atoms with Crippen molar-refractivity contribution in [2.24, 2.45) is 0 Å². The lowest BCUT2D eigenvalue weighted by atomic mass is 10.1. The summed E-state index contributed by atoms with van der Waals surface area (Å²) in [5, 5.41) is 8.54. The number of rotatable bonds is 5. The molecule has 0 bridgehead atoms. The van der Waals surface area contributed by atoms with Crippen molar-refractivity contribution < 1.29 is 9.59 Å². The number of hydrogen-bond donors (Lipinski definition) is 3. The summed E-state index contributed by atoms with van der Waals surface area (Å²) in [6.07, 6.45) is 2.26. The molecule has 2 aromatic carbocycles. The van der Waals surface area contributed by atoms with Crippen molar-refractivity contribution in [2.45, 2.75) is 32.7 Å². The molecule has 0 aromatic heterocycles. The minimum Gasteiger partial charge on any atom is -0.371 e. The molecule has 1 aliphatic rings. The van der Waals surface area contributed by atoms with Crippen LogP contribution in [-0.2, 0) is 0 Å². The molecule has 1 aliphatic heterocycles. The number of carbonyl (C=O) groups excluding carboxylic acids is 2. The zero-order chi connectivity index (χ0) is 19.2. The van der Waals surface area contributed by atoms with Gasteiger partial charge < -0.3 is 20.9 Å². The molecule has 3 N–H and O–H groups in total. The molecule has 27 heavy (non-hydrogen) atoms. The van der Waals surface area contributed by atoms with Crippen molar-refractivity contribution in [1.82, 2.24) is 5.32 Å². The normalized spacial score (nSPS) is 13.5. The molecule has 2 aromatic rings. The summed E-state index contributed by atoms with van der Waals surface area (Å²) < 4.78 is 0. The van der Waals surface area contributed by atoms with Crippen molar-refractivity contribution in [2.75, 3.05) is 28.6 Å². The SMILES string of the molecule is CC(C)NC(=O)c1cc(NC(=O)Nc2ccccc2)ccc1N1CCCC1. The van der Waals surface area contributed by atoms with E-state index >= 15 is 0 Å². The van der Waals surface area contributed by atoms with Gasteiger partial charge in [-0.15, -0.1) is 0 Å². The third-order valence-electron chi connectivity index (χ3n) is 4.40. The third kappa shape index (κ3) is 5.00. The van der Waals surface area contributed by atoms with Gasteiger partial charge >= 0.3 is 6.03 Å².